The molecule has 8 nitrogen and oxygen atoms in total. The van der Waals surface area contributed by atoms with Crippen molar-refractivity contribution >= 4 is 22.7 Å². The molecule has 0 unspecified atom stereocenters. The second-order valence-corrected chi connectivity index (χ2v) is 8.99. The Hall–Kier alpha value is -3.52. The third-order valence-corrected chi connectivity index (χ3v) is 6.97. The lowest BCUT2D eigenvalue weighted by molar-refractivity contribution is -0.133. The van der Waals surface area contributed by atoms with Crippen LogP contribution in [0.15, 0.2) is 53.3 Å². The molecule has 1 aromatic heterocycles. The molecule has 3 heterocycles. The van der Waals surface area contributed by atoms with Crippen LogP contribution in [0.3, 0.4) is 0 Å². The number of hydrogen-bond acceptors (Lipinski definition) is 6. The van der Waals surface area contributed by atoms with Crippen LogP contribution in [-0.4, -0.2) is 64.2 Å². The Labute approximate surface area is 197 Å². The number of amides is 1. The van der Waals surface area contributed by atoms with Crippen molar-refractivity contribution < 1.29 is 14.3 Å². The van der Waals surface area contributed by atoms with E-state index in [0.29, 0.717) is 35.5 Å². The number of nitrogens with zero attached hydrogens (tertiary/aromatic N) is 3. The number of benzene rings is 1. The molecule has 2 aliphatic rings. The van der Waals surface area contributed by atoms with Crippen molar-refractivity contribution in [2.24, 2.45) is 5.92 Å². The van der Waals surface area contributed by atoms with Gasteiger partial charge in [0.25, 0.3) is 0 Å². The summed E-state index contributed by atoms with van der Waals surface area (Å²) < 4.78 is 5.17. The highest BCUT2D eigenvalue weighted by atomic mass is 16.5. The first-order valence-electron chi connectivity index (χ1n) is 11.7. The highest BCUT2D eigenvalue weighted by Gasteiger charge is 2.38. The first-order valence-corrected chi connectivity index (χ1v) is 11.7. The fourth-order valence-corrected chi connectivity index (χ4v) is 5.06. The van der Waals surface area contributed by atoms with Crippen LogP contribution in [0.2, 0.25) is 0 Å². The summed E-state index contributed by atoms with van der Waals surface area (Å²) >= 11 is 0. The number of carbonyl (C=O) groups excluding carboxylic acids is 2. The molecule has 34 heavy (non-hydrogen) atoms. The largest absolute Gasteiger partial charge is 0.497 e. The van der Waals surface area contributed by atoms with Crippen LogP contribution in [0.1, 0.15) is 35.4 Å². The zero-order chi connectivity index (χ0) is 23.7. The average Bonchev–Trinajstić information content (AvgIpc) is 3.39. The van der Waals surface area contributed by atoms with Crippen LogP contribution in [0.4, 0.5) is 0 Å². The van der Waals surface area contributed by atoms with E-state index in [2.05, 4.69) is 14.9 Å². The van der Waals surface area contributed by atoms with Crippen molar-refractivity contribution in [2.45, 2.75) is 31.8 Å². The van der Waals surface area contributed by atoms with Crippen LogP contribution < -0.4 is 10.2 Å². The van der Waals surface area contributed by atoms with E-state index in [-0.39, 0.29) is 29.1 Å². The number of aromatic nitrogens is 2. The van der Waals surface area contributed by atoms with E-state index < -0.39 is 0 Å². The molecule has 1 atom stereocenters. The number of H-pyrrole nitrogens is 1. The first kappa shape index (κ1) is 22.3. The Balaban J connectivity index is 1.19. The number of methoxy groups -OCH3 is 1. The van der Waals surface area contributed by atoms with Crippen molar-refractivity contribution in [3.63, 3.8) is 0 Å². The summed E-state index contributed by atoms with van der Waals surface area (Å²) in [4.78, 5) is 49.8. The molecule has 0 radical (unpaired) electrons. The molecule has 1 amide bonds. The zero-order valence-electron chi connectivity index (χ0n) is 19.2. The second kappa shape index (κ2) is 9.38. The van der Waals surface area contributed by atoms with Gasteiger partial charge in [-0.25, -0.2) is 4.98 Å². The fourth-order valence-electron chi connectivity index (χ4n) is 5.06. The number of Topliss-reactive ketones (excluding diaryl/α,β-unsaturated/α-hetero) is 1. The van der Waals surface area contributed by atoms with E-state index in [1.54, 1.807) is 30.2 Å². The number of ketones is 1. The second-order valence-electron chi connectivity index (χ2n) is 8.99. The van der Waals surface area contributed by atoms with Gasteiger partial charge in [-0.3, -0.25) is 19.3 Å². The molecule has 3 aromatic rings. The van der Waals surface area contributed by atoms with Crippen LogP contribution in [0.5, 0.6) is 5.75 Å². The highest BCUT2D eigenvalue weighted by Crippen LogP contribution is 2.27. The number of rotatable bonds is 6. The number of piperidine rings is 1. The summed E-state index contributed by atoms with van der Waals surface area (Å²) in [5.74, 6) is 1.60. The maximum atomic E-state index is 13.1. The molecule has 0 spiro atoms. The van der Waals surface area contributed by atoms with E-state index in [0.717, 1.165) is 38.1 Å². The van der Waals surface area contributed by atoms with Gasteiger partial charge in [-0.15, -0.1) is 0 Å². The number of carbonyl (C=O) groups is 2. The van der Waals surface area contributed by atoms with Crippen LogP contribution in [-0.2, 0) is 11.3 Å². The van der Waals surface area contributed by atoms with E-state index in [4.69, 9.17) is 4.74 Å². The number of nitrogens with one attached hydrogen (secondary N) is 1. The van der Waals surface area contributed by atoms with Gasteiger partial charge >= 0.3 is 0 Å². The van der Waals surface area contributed by atoms with Crippen molar-refractivity contribution in [1.29, 1.82) is 0 Å². The fraction of sp³-hybridized carbons (Fsp3) is 0.385. The Morgan fingerprint density at radius 2 is 1.76 bits per heavy atom. The van der Waals surface area contributed by atoms with Gasteiger partial charge in [0, 0.05) is 18.0 Å². The van der Waals surface area contributed by atoms with Crippen LogP contribution in [0, 0.1) is 5.92 Å². The number of fused-ring (bicyclic) bond motifs is 1. The summed E-state index contributed by atoms with van der Waals surface area (Å²) in [5, 5.41) is 0. The monoisotopic (exact) mass is 460 g/mol. The predicted octanol–water partition coefficient (Wildman–Crippen LogP) is 2.63. The molecule has 2 fully saturated rings. The molecule has 2 saturated heterocycles. The molecule has 0 aliphatic carbocycles. The lowest BCUT2D eigenvalue weighted by Crippen LogP contribution is -2.46. The smallest absolute Gasteiger partial charge is 0.240 e. The first-order chi connectivity index (χ1) is 16.5. The minimum absolute atomic E-state index is 0.0181. The van der Waals surface area contributed by atoms with Gasteiger partial charge in [0.05, 0.1) is 25.2 Å². The molecular weight excluding hydrogens is 432 g/mol. The lowest BCUT2D eigenvalue weighted by atomic mass is 9.88. The number of aromatic amines is 1. The Morgan fingerprint density at radius 3 is 2.50 bits per heavy atom. The molecule has 8 heteroatoms. The average molecular weight is 461 g/mol. The van der Waals surface area contributed by atoms with Gasteiger partial charge in [0.1, 0.15) is 17.1 Å². The van der Waals surface area contributed by atoms with Gasteiger partial charge < -0.3 is 14.6 Å². The molecule has 2 aliphatic heterocycles. The Morgan fingerprint density at radius 1 is 1.03 bits per heavy atom. The minimum Gasteiger partial charge on any atom is -0.497 e. The number of hydrogen-bond donors (Lipinski definition) is 1. The molecule has 1 N–H and O–H groups in total. The van der Waals surface area contributed by atoms with Gasteiger partial charge in [-0.1, -0.05) is 12.1 Å². The standard InChI is InChI=1S/C26H28N4O4/c1-34-19-8-6-17(7-9-19)25(32)18-10-13-29(14-11-18)21-12-15-30(26(21)33)16-23-27-20-4-2-3-5-22(31)24(20)28-23/h2-9,18,21H,10-16H2,1H3,(H,27,28)/t21-/m0/s1. The van der Waals surface area contributed by atoms with E-state index >= 15 is 0 Å². The summed E-state index contributed by atoms with van der Waals surface area (Å²) in [6, 6.07) is 13.9. The van der Waals surface area contributed by atoms with Gasteiger partial charge in [-0.2, -0.15) is 0 Å². The molecular formula is C26H28N4O4. The molecule has 0 bridgehead atoms. The quantitative estimate of drug-likeness (QED) is 0.568. The van der Waals surface area contributed by atoms with Crippen LogP contribution >= 0.6 is 0 Å². The Kier molecular flexibility index (Phi) is 6.15. The van der Waals surface area contributed by atoms with Crippen molar-refractivity contribution in [3.05, 3.63) is 70.1 Å². The number of ether oxygens (including phenoxy) is 1. The SMILES string of the molecule is COc1ccc(C(=O)C2CCN([C@H]3CCN(Cc4nc5ccccc(=O)c5[nH]4)C3=O)CC2)cc1. The number of likely N-dealkylation sites (tertiary alicyclic amines) is 2. The third kappa shape index (κ3) is 4.33. The van der Waals surface area contributed by atoms with Crippen LogP contribution in [0.25, 0.3) is 11.0 Å². The Bertz CT molecular complexity index is 1260. The molecule has 176 valence electrons. The van der Waals surface area contributed by atoms with Gasteiger partial charge in [0.2, 0.25) is 11.3 Å². The maximum absolute atomic E-state index is 13.1. The topological polar surface area (TPSA) is 95.6 Å². The van der Waals surface area contributed by atoms with E-state index in [1.807, 2.05) is 24.3 Å². The van der Waals surface area contributed by atoms with Crippen molar-refractivity contribution in [2.75, 3.05) is 26.7 Å². The van der Waals surface area contributed by atoms with E-state index in [9.17, 15) is 14.4 Å². The van der Waals surface area contributed by atoms with Gasteiger partial charge in [0.15, 0.2) is 5.78 Å². The summed E-state index contributed by atoms with van der Waals surface area (Å²) in [5.41, 5.74) is 1.67. The lowest BCUT2D eigenvalue weighted by Gasteiger charge is -2.34. The van der Waals surface area contributed by atoms with Crippen molar-refractivity contribution in [3.8, 4) is 5.75 Å². The van der Waals surface area contributed by atoms with Crippen molar-refractivity contribution in [1.82, 2.24) is 19.8 Å². The number of imidazole rings is 1. The summed E-state index contributed by atoms with van der Waals surface area (Å²) in [6.07, 6.45) is 2.26. The predicted molar refractivity (Wildman–Crippen MR) is 128 cm³/mol. The highest BCUT2D eigenvalue weighted by molar-refractivity contribution is 5.98. The van der Waals surface area contributed by atoms with E-state index in [1.165, 1.54) is 6.07 Å². The summed E-state index contributed by atoms with van der Waals surface area (Å²) in [6.45, 7) is 2.48. The zero-order valence-corrected chi connectivity index (χ0v) is 19.2. The molecule has 0 saturated carbocycles. The normalized spacial score (nSPS) is 19.6. The molecule has 5 rings (SSSR count). The summed E-state index contributed by atoms with van der Waals surface area (Å²) in [7, 11) is 1.61. The molecule has 2 aromatic carbocycles. The third-order valence-electron chi connectivity index (χ3n) is 6.97. The van der Waals surface area contributed by atoms with Gasteiger partial charge in [-0.05, 0) is 68.8 Å². The minimum atomic E-state index is -0.158. The maximum Gasteiger partial charge on any atom is 0.240 e.